The molecule has 8 heteroatoms. The van der Waals surface area contributed by atoms with Crippen LogP contribution < -0.4 is 15.0 Å². The Morgan fingerprint density at radius 2 is 1.81 bits per heavy atom. The van der Waals surface area contributed by atoms with Crippen LogP contribution in [0.5, 0.6) is 11.5 Å². The summed E-state index contributed by atoms with van der Waals surface area (Å²) in [5, 5.41) is 0. The van der Waals surface area contributed by atoms with Gasteiger partial charge >= 0.3 is 0 Å². The average Bonchev–Trinajstić information content (AvgIpc) is 2.78. The van der Waals surface area contributed by atoms with Crippen LogP contribution in [0, 0.1) is 5.92 Å². The zero-order chi connectivity index (χ0) is 21.5. The van der Waals surface area contributed by atoms with Crippen molar-refractivity contribution >= 4 is 18.3 Å². The number of amides is 1. The molecule has 4 heterocycles. The number of fused-ring (bicyclic) bond motifs is 5. The normalized spacial score (nSPS) is 21.8. The summed E-state index contributed by atoms with van der Waals surface area (Å²) in [5.41, 5.74) is 3.56. The Morgan fingerprint density at radius 1 is 1.06 bits per heavy atom. The van der Waals surface area contributed by atoms with E-state index in [9.17, 15) is 9.59 Å². The molecule has 3 aliphatic heterocycles. The summed E-state index contributed by atoms with van der Waals surface area (Å²) in [6.07, 6.45) is 1.93. The van der Waals surface area contributed by atoms with Crippen LogP contribution >= 0.6 is 12.4 Å². The monoisotopic (exact) mass is 459 g/mol. The van der Waals surface area contributed by atoms with Gasteiger partial charge in [0.1, 0.15) is 0 Å². The van der Waals surface area contributed by atoms with Gasteiger partial charge in [-0.25, -0.2) is 0 Å². The second-order valence-electron chi connectivity index (χ2n) is 8.93. The van der Waals surface area contributed by atoms with Crippen LogP contribution in [0.2, 0.25) is 0 Å². The van der Waals surface area contributed by atoms with E-state index < -0.39 is 0 Å². The zero-order valence-electron chi connectivity index (χ0n) is 18.6. The molecule has 5 rings (SSSR count). The molecule has 2 aromatic rings. The lowest BCUT2D eigenvalue weighted by atomic mass is 9.83. The van der Waals surface area contributed by atoms with Gasteiger partial charge < -0.3 is 18.9 Å². The number of carbonyl (C=O) groups is 1. The Hall–Kier alpha value is -2.51. The number of halogens is 1. The fourth-order valence-corrected chi connectivity index (χ4v) is 5.51. The molecule has 2 atom stereocenters. The van der Waals surface area contributed by atoms with E-state index in [1.54, 1.807) is 20.3 Å². The quantitative estimate of drug-likeness (QED) is 0.702. The number of benzene rings is 1. The summed E-state index contributed by atoms with van der Waals surface area (Å²) in [6, 6.07) is 9.59. The molecule has 0 unspecified atom stereocenters. The molecule has 2 bridgehead atoms. The van der Waals surface area contributed by atoms with Gasteiger partial charge in [-0.3, -0.25) is 14.5 Å². The van der Waals surface area contributed by atoms with Crippen molar-refractivity contribution in [2.24, 2.45) is 5.92 Å². The first-order chi connectivity index (χ1) is 15.1. The van der Waals surface area contributed by atoms with Gasteiger partial charge in [0.2, 0.25) is 5.91 Å². The van der Waals surface area contributed by atoms with Gasteiger partial charge in [-0.1, -0.05) is 6.07 Å². The molecule has 172 valence electrons. The Bertz CT molecular complexity index is 1070. The highest BCUT2D eigenvalue weighted by molar-refractivity contribution is 5.85. The number of hydrogen-bond acceptors (Lipinski definition) is 5. The van der Waals surface area contributed by atoms with Gasteiger partial charge in [0.05, 0.1) is 20.8 Å². The maximum atomic E-state index is 13.1. The third-order valence-electron chi connectivity index (χ3n) is 6.98. The summed E-state index contributed by atoms with van der Waals surface area (Å²) in [4.78, 5) is 29.6. The van der Waals surface area contributed by atoms with Crippen molar-refractivity contribution in [1.29, 1.82) is 0 Å². The summed E-state index contributed by atoms with van der Waals surface area (Å²) in [5.74, 6) is 2.37. The van der Waals surface area contributed by atoms with Gasteiger partial charge in [0.15, 0.2) is 11.5 Å². The van der Waals surface area contributed by atoms with Crippen molar-refractivity contribution in [3.05, 3.63) is 57.5 Å². The van der Waals surface area contributed by atoms with E-state index >= 15 is 0 Å². The van der Waals surface area contributed by atoms with E-state index in [4.69, 9.17) is 9.47 Å². The highest BCUT2D eigenvalue weighted by Crippen LogP contribution is 2.36. The first-order valence-electron chi connectivity index (χ1n) is 11.0. The van der Waals surface area contributed by atoms with Crippen LogP contribution in [-0.4, -0.2) is 60.7 Å². The molecular formula is C24H30ClN3O4. The molecule has 7 nitrogen and oxygen atoms in total. The molecule has 0 saturated carbocycles. The maximum absolute atomic E-state index is 13.1. The number of nitrogens with zero attached hydrogens (tertiary/aromatic N) is 3. The summed E-state index contributed by atoms with van der Waals surface area (Å²) < 4.78 is 12.8. The van der Waals surface area contributed by atoms with Crippen molar-refractivity contribution in [3.8, 4) is 11.5 Å². The van der Waals surface area contributed by atoms with Gasteiger partial charge in [-0.15, -0.1) is 12.4 Å². The van der Waals surface area contributed by atoms with E-state index in [-0.39, 0.29) is 23.9 Å². The second-order valence-corrected chi connectivity index (χ2v) is 8.93. The van der Waals surface area contributed by atoms with E-state index in [0.29, 0.717) is 30.7 Å². The molecule has 1 amide bonds. The topological polar surface area (TPSA) is 64.0 Å². The van der Waals surface area contributed by atoms with Crippen LogP contribution in [-0.2, 0) is 24.3 Å². The minimum Gasteiger partial charge on any atom is -0.493 e. The van der Waals surface area contributed by atoms with E-state index in [1.165, 1.54) is 5.56 Å². The zero-order valence-corrected chi connectivity index (χ0v) is 19.4. The molecule has 0 aliphatic carbocycles. The number of carbonyl (C=O) groups excluding carboxylic acids is 1. The fraction of sp³-hybridized carbons (Fsp3) is 0.500. The predicted octanol–water partition coefficient (Wildman–Crippen LogP) is 2.29. The van der Waals surface area contributed by atoms with Crippen molar-refractivity contribution in [3.63, 3.8) is 0 Å². The number of methoxy groups -OCH3 is 2. The summed E-state index contributed by atoms with van der Waals surface area (Å²) in [7, 11) is 3.28. The lowest BCUT2D eigenvalue weighted by molar-refractivity contribution is -0.134. The minimum absolute atomic E-state index is 0. The van der Waals surface area contributed by atoms with Crippen LogP contribution in [0.3, 0.4) is 0 Å². The Kier molecular flexibility index (Phi) is 6.49. The number of ether oxygens (including phenoxy) is 2. The van der Waals surface area contributed by atoms with Crippen molar-refractivity contribution in [1.82, 2.24) is 14.4 Å². The van der Waals surface area contributed by atoms with E-state index in [1.807, 2.05) is 27.7 Å². The number of pyridine rings is 1. The van der Waals surface area contributed by atoms with Crippen LogP contribution in [0.1, 0.15) is 29.2 Å². The first-order valence-corrected chi connectivity index (χ1v) is 11.0. The molecule has 0 radical (unpaired) electrons. The largest absolute Gasteiger partial charge is 0.493 e. The highest BCUT2D eigenvalue weighted by Gasteiger charge is 2.35. The first kappa shape index (κ1) is 22.7. The number of rotatable bonds is 4. The third kappa shape index (κ3) is 4.11. The molecule has 3 aliphatic rings. The van der Waals surface area contributed by atoms with Crippen LogP contribution in [0.25, 0.3) is 0 Å². The number of piperidine rings is 1. The fourth-order valence-electron chi connectivity index (χ4n) is 5.51. The maximum Gasteiger partial charge on any atom is 0.250 e. The molecule has 1 saturated heterocycles. The Balaban J connectivity index is 0.00000245. The molecule has 0 N–H and O–H groups in total. The lowest BCUT2D eigenvalue weighted by Gasteiger charge is -2.43. The standard InChI is InChI=1S/C24H29N3O4.ClH/c1-30-21-9-17-6-7-26(14-18(17)10-22(21)31-2)24(29)15-25-11-16-8-19(13-25)20-4-3-5-23(28)27(20)12-16;/h3-5,9-10,16,19H,6-8,11-15H2,1-2H3;1H/t16-,19-;/m0./s1. The minimum atomic E-state index is 0. The molecular weight excluding hydrogens is 430 g/mol. The van der Waals surface area contributed by atoms with E-state index in [2.05, 4.69) is 11.0 Å². The number of hydrogen-bond donors (Lipinski definition) is 0. The molecule has 0 spiro atoms. The smallest absolute Gasteiger partial charge is 0.250 e. The molecule has 1 aromatic carbocycles. The van der Waals surface area contributed by atoms with E-state index in [0.717, 1.165) is 56.0 Å². The van der Waals surface area contributed by atoms with Gasteiger partial charge in [-0.05, 0) is 48.1 Å². The highest BCUT2D eigenvalue weighted by atomic mass is 35.5. The van der Waals surface area contributed by atoms with Crippen molar-refractivity contribution in [2.45, 2.75) is 31.8 Å². The van der Waals surface area contributed by atoms with Crippen molar-refractivity contribution in [2.75, 3.05) is 40.4 Å². The predicted molar refractivity (Wildman–Crippen MR) is 124 cm³/mol. The Morgan fingerprint density at radius 3 is 2.56 bits per heavy atom. The van der Waals surface area contributed by atoms with Crippen molar-refractivity contribution < 1.29 is 14.3 Å². The molecule has 1 fully saturated rings. The van der Waals surface area contributed by atoms with Crippen LogP contribution in [0.15, 0.2) is 35.1 Å². The van der Waals surface area contributed by atoms with Gasteiger partial charge in [-0.2, -0.15) is 0 Å². The lowest BCUT2D eigenvalue weighted by Crippen LogP contribution is -2.50. The second kappa shape index (κ2) is 9.16. The Labute approximate surface area is 194 Å². The molecule has 1 aromatic heterocycles. The number of likely N-dealkylation sites (tertiary alicyclic amines) is 1. The van der Waals surface area contributed by atoms with Gasteiger partial charge in [0.25, 0.3) is 5.56 Å². The van der Waals surface area contributed by atoms with Crippen LogP contribution in [0.4, 0.5) is 0 Å². The third-order valence-corrected chi connectivity index (χ3v) is 6.98. The summed E-state index contributed by atoms with van der Waals surface area (Å²) >= 11 is 0. The summed E-state index contributed by atoms with van der Waals surface area (Å²) in [6.45, 7) is 4.23. The average molecular weight is 460 g/mol. The SMILES string of the molecule is COc1cc2c(cc1OC)CN(C(=O)CN1C[C@@H]3C[C@@H](C1)c1cccc(=O)n1C3)CC2.Cl. The van der Waals surface area contributed by atoms with Gasteiger partial charge in [0, 0.05) is 50.4 Å². The number of aromatic nitrogens is 1. The molecule has 32 heavy (non-hydrogen) atoms.